The van der Waals surface area contributed by atoms with Gasteiger partial charge in [0.15, 0.2) is 6.61 Å². The van der Waals surface area contributed by atoms with Gasteiger partial charge in [-0.3, -0.25) is 4.79 Å². The minimum absolute atomic E-state index is 0.0159. The van der Waals surface area contributed by atoms with Gasteiger partial charge in [0.1, 0.15) is 5.75 Å². The van der Waals surface area contributed by atoms with Crippen molar-refractivity contribution >= 4 is 11.6 Å². The quantitative estimate of drug-likeness (QED) is 0.875. The molecule has 0 aromatic heterocycles. The molecule has 0 bridgehead atoms. The fourth-order valence-electron chi connectivity index (χ4n) is 2.97. The molecule has 1 aromatic rings. The van der Waals surface area contributed by atoms with E-state index in [1.807, 2.05) is 23.1 Å². The van der Waals surface area contributed by atoms with Crippen molar-refractivity contribution in [3.05, 3.63) is 23.8 Å². The van der Waals surface area contributed by atoms with Gasteiger partial charge in [0.25, 0.3) is 5.91 Å². The fraction of sp³-hybridized carbons (Fsp3) is 0.533. The Labute approximate surface area is 118 Å². The summed E-state index contributed by atoms with van der Waals surface area (Å²) < 4.78 is 5.49. The van der Waals surface area contributed by atoms with Crippen molar-refractivity contribution in [3.63, 3.8) is 0 Å². The highest BCUT2D eigenvalue weighted by atomic mass is 16.5. The summed E-state index contributed by atoms with van der Waals surface area (Å²) in [6.45, 7) is 2.09. The molecular weight excluding hydrogens is 256 g/mol. The summed E-state index contributed by atoms with van der Waals surface area (Å²) in [4.78, 5) is 16.4. The Kier molecular flexibility index (Phi) is 3.63. The molecule has 0 aliphatic carbocycles. The largest absolute Gasteiger partial charge is 0.482 e. The molecule has 0 atom stereocenters. The number of carbonyl (C=O) groups excluding carboxylic acids is 1. The number of aliphatic hydroxyl groups is 1. The van der Waals surface area contributed by atoms with Gasteiger partial charge >= 0.3 is 0 Å². The van der Waals surface area contributed by atoms with Gasteiger partial charge in [0.05, 0.1) is 12.3 Å². The number of hydrogen-bond acceptors (Lipinski definition) is 4. The van der Waals surface area contributed by atoms with E-state index < -0.39 is 0 Å². The standard InChI is InChI=1S/C15H20N2O3/c1-16-6-4-12(5-7-16)17-13-8-11(9-18)2-3-14(13)20-10-15(17)19/h2-3,8,12,18H,4-7,9-10H2,1H3. The zero-order valence-electron chi connectivity index (χ0n) is 11.7. The lowest BCUT2D eigenvalue weighted by atomic mass is 10.0. The van der Waals surface area contributed by atoms with Crippen LogP contribution in [0, 0.1) is 0 Å². The second-order valence-electron chi connectivity index (χ2n) is 5.55. The van der Waals surface area contributed by atoms with Gasteiger partial charge in [-0.25, -0.2) is 0 Å². The molecule has 20 heavy (non-hydrogen) atoms. The Morgan fingerprint density at radius 2 is 2.10 bits per heavy atom. The summed E-state index contributed by atoms with van der Waals surface area (Å²) in [7, 11) is 2.11. The molecule has 2 aliphatic rings. The minimum Gasteiger partial charge on any atom is -0.482 e. The maximum atomic E-state index is 12.3. The van der Waals surface area contributed by atoms with Gasteiger partial charge < -0.3 is 19.6 Å². The summed E-state index contributed by atoms with van der Waals surface area (Å²) in [5.74, 6) is 0.753. The first-order valence-electron chi connectivity index (χ1n) is 7.06. The van der Waals surface area contributed by atoms with E-state index in [9.17, 15) is 9.90 Å². The molecule has 0 saturated carbocycles. The monoisotopic (exact) mass is 276 g/mol. The van der Waals surface area contributed by atoms with Crippen LogP contribution in [0.2, 0.25) is 0 Å². The molecule has 1 aromatic carbocycles. The van der Waals surface area contributed by atoms with Crippen LogP contribution in [0.1, 0.15) is 18.4 Å². The lowest BCUT2D eigenvalue weighted by molar-refractivity contribution is -0.122. The molecule has 2 heterocycles. The lowest BCUT2D eigenvalue weighted by Crippen LogP contribution is -2.50. The number of carbonyl (C=O) groups is 1. The normalized spacial score (nSPS) is 20.7. The van der Waals surface area contributed by atoms with E-state index in [0.717, 1.165) is 42.9 Å². The van der Waals surface area contributed by atoms with Crippen LogP contribution < -0.4 is 9.64 Å². The molecule has 0 spiro atoms. The maximum absolute atomic E-state index is 12.3. The molecular formula is C15H20N2O3. The topological polar surface area (TPSA) is 53.0 Å². The van der Waals surface area contributed by atoms with Gasteiger partial charge in [-0.15, -0.1) is 0 Å². The number of ether oxygens (including phenoxy) is 1. The second kappa shape index (κ2) is 5.42. The van der Waals surface area contributed by atoms with E-state index in [0.29, 0.717) is 0 Å². The molecule has 108 valence electrons. The molecule has 5 nitrogen and oxygen atoms in total. The molecule has 1 fully saturated rings. The summed E-state index contributed by atoms with van der Waals surface area (Å²) in [5, 5.41) is 9.29. The van der Waals surface area contributed by atoms with Crippen LogP contribution in [0.15, 0.2) is 18.2 Å². The smallest absolute Gasteiger partial charge is 0.265 e. The highest BCUT2D eigenvalue weighted by Gasteiger charge is 2.33. The van der Waals surface area contributed by atoms with Gasteiger partial charge in [0.2, 0.25) is 0 Å². The Hall–Kier alpha value is -1.59. The SMILES string of the molecule is CN1CCC(N2C(=O)COc3ccc(CO)cc32)CC1. The first-order chi connectivity index (χ1) is 9.69. The van der Waals surface area contributed by atoms with Gasteiger partial charge in [0, 0.05) is 6.04 Å². The Bertz CT molecular complexity index is 510. The number of likely N-dealkylation sites (tertiary alicyclic amines) is 1. The minimum atomic E-state index is -0.0251. The molecule has 1 saturated heterocycles. The molecule has 3 rings (SSSR count). The van der Waals surface area contributed by atoms with E-state index >= 15 is 0 Å². The number of nitrogens with zero attached hydrogens (tertiary/aromatic N) is 2. The van der Waals surface area contributed by atoms with Gasteiger partial charge in [-0.05, 0) is 50.7 Å². The Balaban J connectivity index is 1.92. The summed E-state index contributed by atoms with van der Waals surface area (Å²) >= 11 is 0. The molecule has 0 radical (unpaired) electrons. The van der Waals surface area contributed by atoms with E-state index in [4.69, 9.17) is 4.74 Å². The van der Waals surface area contributed by atoms with E-state index in [1.54, 1.807) is 0 Å². The summed E-state index contributed by atoms with van der Waals surface area (Å²) in [5.41, 5.74) is 1.61. The zero-order chi connectivity index (χ0) is 14.1. The van der Waals surface area contributed by atoms with Crippen molar-refractivity contribution in [2.45, 2.75) is 25.5 Å². The number of piperidine rings is 1. The first-order valence-corrected chi connectivity index (χ1v) is 7.06. The number of hydrogen-bond donors (Lipinski definition) is 1. The third-order valence-electron chi connectivity index (χ3n) is 4.14. The first kappa shape index (κ1) is 13.4. The van der Waals surface area contributed by atoms with E-state index in [2.05, 4.69) is 11.9 Å². The molecule has 2 aliphatic heterocycles. The highest BCUT2D eigenvalue weighted by molar-refractivity contribution is 5.98. The molecule has 1 amide bonds. The molecule has 5 heteroatoms. The number of anilines is 1. The van der Waals surface area contributed by atoms with E-state index in [1.165, 1.54) is 0 Å². The second-order valence-corrected chi connectivity index (χ2v) is 5.55. The third-order valence-corrected chi connectivity index (χ3v) is 4.14. The van der Waals surface area contributed by atoms with Crippen LogP contribution in [0.3, 0.4) is 0 Å². The maximum Gasteiger partial charge on any atom is 0.265 e. The van der Waals surface area contributed by atoms with Crippen molar-refractivity contribution in [1.82, 2.24) is 4.90 Å². The van der Waals surface area contributed by atoms with Crippen molar-refractivity contribution in [3.8, 4) is 5.75 Å². The van der Waals surface area contributed by atoms with Crippen LogP contribution in [0.5, 0.6) is 5.75 Å². The zero-order valence-corrected chi connectivity index (χ0v) is 11.7. The Morgan fingerprint density at radius 3 is 2.80 bits per heavy atom. The number of amides is 1. The number of aliphatic hydroxyl groups excluding tert-OH is 1. The van der Waals surface area contributed by atoms with Crippen LogP contribution in [0.25, 0.3) is 0 Å². The van der Waals surface area contributed by atoms with Gasteiger partial charge in [-0.2, -0.15) is 0 Å². The van der Waals surface area contributed by atoms with Crippen LogP contribution in [0.4, 0.5) is 5.69 Å². The average molecular weight is 276 g/mol. The molecule has 0 unspecified atom stereocenters. The van der Waals surface area contributed by atoms with Gasteiger partial charge in [-0.1, -0.05) is 6.07 Å². The van der Waals surface area contributed by atoms with Crippen LogP contribution in [-0.4, -0.2) is 48.7 Å². The predicted molar refractivity (Wildman–Crippen MR) is 75.9 cm³/mol. The Morgan fingerprint density at radius 1 is 1.35 bits per heavy atom. The fourth-order valence-corrected chi connectivity index (χ4v) is 2.97. The third kappa shape index (κ3) is 2.39. The summed E-state index contributed by atoms with van der Waals surface area (Å²) in [6.07, 6.45) is 1.95. The van der Waals surface area contributed by atoms with E-state index in [-0.39, 0.29) is 25.2 Å². The highest BCUT2D eigenvalue weighted by Crippen LogP contribution is 2.36. The number of fused-ring (bicyclic) bond motifs is 1. The van der Waals surface area contributed by atoms with Crippen molar-refractivity contribution in [2.75, 3.05) is 31.6 Å². The summed E-state index contributed by atoms with van der Waals surface area (Å²) in [6, 6.07) is 5.77. The number of rotatable bonds is 2. The number of benzene rings is 1. The lowest BCUT2D eigenvalue weighted by Gasteiger charge is -2.39. The van der Waals surface area contributed by atoms with Crippen molar-refractivity contribution < 1.29 is 14.6 Å². The molecule has 1 N–H and O–H groups in total. The average Bonchev–Trinajstić information content (AvgIpc) is 2.48. The predicted octanol–water partition coefficient (Wildman–Crippen LogP) is 0.998. The van der Waals surface area contributed by atoms with Crippen molar-refractivity contribution in [2.24, 2.45) is 0 Å². The van der Waals surface area contributed by atoms with Crippen molar-refractivity contribution in [1.29, 1.82) is 0 Å². The van der Waals surface area contributed by atoms with Crippen LogP contribution >= 0.6 is 0 Å². The van der Waals surface area contributed by atoms with Crippen LogP contribution in [-0.2, 0) is 11.4 Å².